The number of aliphatic imine (C=N–C) groups is 1. The molecular weight excluding hydrogens is 544 g/mol. The van der Waals surface area contributed by atoms with E-state index >= 15 is 0 Å². The number of amidine groups is 1. The maximum atomic E-state index is 5.24. The third kappa shape index (κ3) is 4.36. The number of rotatable bonds is 4. The van der Waals surface area contributed by atoms with Gasteiger partial charge in [0, 0.05) is 11.6 Å². The Morgan fingerprint density at radius 3 is 2.02 bits per heavy atom. The lowest BCUT2D eigenvalue weighted by Crippen LogP contribution is -2.41. The summed E-state index contributed by atoms with van der Waals surface area (Å²) in [4.78, 5) is 7.71. The molecule has 45 heavy (non-hydrogen) atoms. The van der Waals surface area contributed by atoms with E-state index in [4.69, 9.17) is 4.99 Å². The molecule has 2 nitrogen and oxygen atoms in total. The molecule has 0 aromatic heterocycles. The molecule has 0 saturated carbocycles. The average Bonchev–Trinajstić information content (AvgIpc) is 3.51. The Hall–Kier alpha value is -5.21. The van der Waals surface area contributed by atoms with Crippen molar-refractivity contribution in [2.45, 2.75) is 31.3 Å². The molecule has 0 saturated heterocycles. The van der Waals surface area contributed by atoms with Crippen LogP contribution in [0.15, 0.2) is 145 Å². The van der Waals surface area contributed by atoms with Crippen molar-refractivity contribution in [3.05, 3.63) is 150 Å². The highest BCUT2D eigenvalue weighted by Crippen LogP contribution is 2.37. The van der Waals surface area contributed by atoms with Gasteiger partial charge in [0.2, 0.25) is 0 Å². The molecule has 9 rings (SSSR count). The highest BCUT2D eigenvalue weighted by Gasteiger charge is 2.37. The normalized spacial score (nSPS) is 21.4. The van der Waals surface area contributed by atoms with Crippen molar-refractivity contribution < 1.29 is 0 Å². The van der Waals surface area contributed by atoms with E-state index in [1.807, 2.05) is 0 Å². The molecule has 3 atom stereocenters. The predicted octanol–water partition coefficient (Wildman–Crippen LogP) is 8.90. The quantitative estimate of drug-likeness (QED) is 0.208. The number of hydrogen-bond donors (Lipinski definition) is 0. The van der Waals surface area contributed by atoms with Gasteiger partial charge >= 0.3 is 0 Å². The zero-order chi connectivity index (χ0) is 29.7. The summed E-state index contributed by atoms with van der Waals surface area (Å²) in [5.74, 6) is 1.46. The SMILES string of the molecule is C1=CCC(C2=NC3C=CC=CC3N2c2ccc(-c3c4c(c(-c5ccc6ccccc6c5)c5ccccc35)=CCCC=4)cc2)C=C1. The monoisotopic (exact) mass is 578 g/mol. The summed E-state index contributed by atoms with van der Waals surface area (Å²) in [6.45, 7) is 0. The number of hydrogen-bond acceptors (Lipinski definition) is 2. The molecule has 1 heterocycles. The van der Waals surface area contributed by atoms with Gasteiger partial charge in [-0.15, -0.1) is 0 Å². The number of nitrogens with zero attached hydrogens (tertiary/aromatic N) is 2. The summed E-state index contributed by atoms with van der Waals surface area (Å²) in [6.07, 6.45) is 25.7. The van der Waals surface area contributed by atoms with Crippen LogP contribution in [0.1, 0.15) is 19.3 Å². The Morgan fingerprint density at radius 1 is 0.600 bits per heavy atom. The van der Waals surface area contributed by atoms with Gasteiger partial charge in [0.05, 0.1) is 12.1 Å². The molecule has 4 aliphatic rings. The molecule has 2 heteroatoms. The van der Waals surface area contributed by atoms with E-state index < -0.39 is 0 Å². The Labute approximate surface area is 264 Å². The minimum Gasteiger partial charge on any atom is -0.320 e. The number of anilines is 1. The van der Waals surface area contributed by atoms with Gasteiger partial charge in [0.15, 0.2) is 0 Å². The van der Waals surface area contributed by atoms with Crippen LogP contribution in [0.4, 0.5) is 5.69 Å². The van der Waals surface area contributed by atoms with E-state index in [0.717, 1.165) is 19.3 Å². The maximum Gasteiger partial charge on any atom is 0.112 e. The van der Waals surface area contributed by atoms with Crippen LogP contribution in [-0.4, -0.2) is 17.9 Å². The van der Waals surface area contributed by atoms with Crippen LogP contribution in [-0.2, 0) is 0 Å². The second-order valence-electron chi connectivity index (χ2n) is 12.5. The van der Waals surface area contributed by atoms with Gasteiger partial charge in [-0.1, -0.05) is 134 Å². The van der Waals surface area contributed by atoms with Gasteiger partial charge in [-0.25, -0.2) is 0 Å². The van der Waals surface area contributed by atoms with E-state index in [1.165, 1.54) is 65.8 Å². The molecule has 0 spiro atoms. The maximum absolute atomic E-state index is 5.24. The highest BCUT2D eigenvalue weighted by atomic mass is 15.3. The van der Waals surface area contributed by atoms with Crippen LogP contribution in [0.25, 0.3) is 56.0 Å². The Balaban J connectivity index is 1.19. The van der Waals surface area contributed by atoms with Crippen molar-refractivity contribution in [3.8, 4) is 22.3 Å². The largest absolute Gasteiger partial charge is 0.320 e. The minimum absolute atomic E-state index is 0.160. The van der Waals surface area contributed by atoms with Crippen LogP contribution >= 0.6 is 0 Å². The summed E-state index contributed by atoms with van der Waals surface area (Å²) in [6, 6.07) is 34.3. The van der Waals surface area contributed by atoms with Crippen molar-refractivity contribution in [2.75, 3.05) is 4.90 Å². The molecule has 1 aliphatic heterocycles. The lowest BCUT2D eigenvalue weighted by atomic mass is 9.86. The minimum atomic E-state index is 0.160. The molecule has 0 amide bonds. The lowest BCUT2D eigenvalue weighted by molar-refractivity contribution is 0.736. The Kier molecular flexibility index (Phi) is 6.26. The average molecular weight is 579 g/mol. The Bertz CT molecular complexity index is 2260. The first-order chi connectivity index (χ1) is 22.3. The van der Waals surface area contributed by atoms with Crippen LogP contribution in [0.5, 0.6) is 0 Å². The zero-order valence-corrected chi connectivity index (χ0v) is 25.2. The summed E-state index contributed by atoms with van der Waals surface area (Å²) in [7, 11) is 0. The second kappa shape index (κ2) is 10.7. The number of allylic oxidation sites excluding steroid dienone is 5. The molecule has 0 bridgehead atoms. The molecule has 3 unspecified atom stereocenters. The highest BCUT2D eigenvalue weighted by molar-refractivity contribution is 6.07. The van der Waals surface area contributed by atoms with Gasteiger partial charge in [-0.2, -0.15) is 0 Å². The van der Waals surface area contributed by atoms with E-state index in [-0.39, 0.29) is 12.1 Å². The molecule has 0 fully saturated rings. The lowest BCUT2D eigenvalue weighted by Gasteiger charge is -2.31. The van der Waals surface area contributed by atoms with Crippen LogP contribution < -0.4 is 15.3 Å². The van der Waals surface area contributed by atoms with Crippen molar-refractivity contribution in [1.82, 2.24) is 0 Å². The molecule has 5 aromatic rings. The zero-order valence-electron chi connectivity index (χ0n) is 25.2. The molecule has 0 N–H and O–H groups in total. The third-order valence-corrected chi connectivity index (χ3v) is 9.85. The van der Waals surface area contributed by atoms with Gasteiger partial charge < -0.3 is 4.90 Å². The fourth-order valence-corrected chi connectivity index (χ4v) is 7.77. The van der Waals surface area contributed by atoms with E-state index in [0.29, 0.717) is 5.92 Å². The molecular formula is C43H34N2. The molecule has 5 aromatic carbocycles. The first-order valence-electron chi connectivity index (χ1n) is 16.2. The molecule has 3 aliphatic carbocycles. The number of benzene rings is 5. The summed E-state index contributed by atoms with van der Waals surface area (Å²) < 4.78 is 0. The van der Waals surface area contributed by atoms with Crippen LogP contribution in [0, 0.1) is 5.92 Å². The van der Waals surface area contributed by atoms with Gasteiger partial charge in [0.25, 0.3) is 0 Å². The van der Waals surface area contributed by atoms with E-state index in [9.17, 15) is 0 Å². The third-order valence-electron chi connectivity index (χ3n) is 9.85. The van der Waals surface area contributed by atoms with Gasteiger partial charge in [-0.05, 0) is 91.7 Å². The summed E-state index contributed by atoms with van der Waals surface area (Å²) in [5.41, 5.74) is 6.43. The van der Waals surface area contributed by atoms with Crippen LogP contribution in [0.3, 0.4) is 0 Å². The van der Waals surface area contributed by atoms with Crippen LogP contribution in [0.2, 0.25) is 0 Å². The molecule has 0 radical (unpaired) electrons. The second-order valence-corrected chi connectivity index (χ2v) is 12.5. The van der Waals surface area contributed by atoms with E-state index in [1.54, 1.807) is 0 Å². The Morgan fingerprint density at radius 2 is 1.27 bits per heavy atom. The van der Waals surface area contributed by atoms with Gasteiger partial charge in [-0.3, -0.25) is 4.99 Å². The predicted molar refractivity (Wildman–Crippen MR) is 192 cm³/mol. The molecule has 216 valence electrons. The van der Waals surface area contributed by atoms with Crippen molar-refractivity contribution in [2.24, 2.45) is 10.9 Å². The van der Waals surface area contributed by atoms with Crippen molar-refractivity contribution in [3.63, 3.8) is 0 Å². The first kappa shape index (κ1) is 26.2. The van der Waals surface area contributed by atoms with Crippen molar-refractivity contribution >= 4 is 45.2 Å². The summed E-state index contributed by atoms with van der Waals surface area (Å²) >= 11 is 0. The fraction of sp³-hybridized carbons (Fsp3) is 0.140. The van der Waals surface area contributed by atoms with Crippen molar-refractivity contribution in [1.29, 1.82) is 0 Å². The first-order valence-corrected chi connectivity index (χ1v) is 16.2. The topological polar surface area (TPSA) is 15.6 Å². The smallest absolute Gasteiger partial charge is 0.112 e. The summed E-state index contributed by atoms with van der Waals surface area (Å²) in [5, 5.41) is 7.90. The standard InChI is InChI=1S/C43H34N2/c1-2-13-31(14-3-1)43-44-39-20-10-11-21-40(39)45(43)34-26-24-30(25-27-34)41-35-16-6-8-18-37(35)42(38-19-9-7-17-36(38)41)33-23-22-29-12-4-5-15-32(29)28-33/h1-6,8,10-13,15-28,31,39-40H,7,9,14H2. The van der Waals surface area contributed by atoms with Gasteiger partial charge in [0.1, 0.15) is 5.84 Å². The van der Waals surface area contributed by atoms with E-state index in [2.05, 4.69) is 157 Å². The number of fused-ring (bicyclic) bond motifs is 4. The fourth-order valence-electron chi connectivity index (χ4n) is 7.77.